The summed E-state index contributed by atoms with van der Waals surface area (Å²) in [5.41, 5.74) is 1.12. The molecule has 0 amide bonds. The fraction of sp³-hybridized carbons (Fsp3) is 0.733. The number of nitrogens with one attached hydrogen (secondary N) is 1. The molecule has 0 unspecified atom stereocenters. The maximum absolute atomic E-state index is 5.47. The van der Waals surface area contributed by atoms with E-state index in [1.54, 1.807) is 0 Å². The number of hydrogen-bond acceptors (Lipinski definition) is 5. The van der Waals surface area contributed by atoms with Gasteiger partial charge < -0.3 is 15.0 Å². The van der Waals surface area contributed by atoms with Crippen LogP contribution in [0.25, 0.3) is 0 Å². The van der Waals surface area contributed by atoms with E-state index in [9.17, 15) is 0 Å². The second-order valence-corrected chi connectivity index (χ2v) is 5.18. The monoisotopic (exact) mass is 278 g/mol. The lowest BCUT2D eigenvalue weighted by Gasteiger charge is -2.25. The fourth-order valence-corrected chi connectivity index (χ4v) is 2.33. The van der Waals surface area contributed by atoms with Crippen molar-refractivity contribution in [3.63, 3.8) is 0 Å². The molecule has 0 atom stereocenters. The molecule has 5 heteroatoms. The lowest BCUT2D eigenvalue weighted by atomic mass is 10.2. The molecule has 5 nitrogen and oxygen atoms in total. The van der Waals surface area contributed by atoms with Gasteiger partial charge in [0.15, 0.2) is 0 Å². The van der Waals surface area contributed by atoms with Gasteiger partial charge in [-0.15, -0.1) is 0 Å². The van der Waals surface area contributed by atoms with E-state index in [0.717, 1.165) is 49.3 Å². The Balaban J connectivity index is 2.24. The molecule has 1 aromatic heterocycles. The van der Waals surface area contributed by atoms with Gasteiger partial charge in [0.25, 0.3) is 0 Å². The molecule has 1 aliphatic carbocycles. The van der Waals surface area contributed by atoms with E-state index in [1.165, 1.54) is 12.8 Å². The molecular formula is C15H26N4O. The van der Waals surface area contributed by atoms with Gasteiger partial charge in [-0.05, 0) is 33.6 Å². The highest BCUT2D eigenvalue weighted by atomic mass is 16.5. The van der Waals surface area contributed by atoms with E-state index in [0.29, 0.717) is 5.92 Å². The average molecular weight is 278 g/mol. The third kappa shape index (κ3) is 3.39. The minimum Gasteiger partial charge on any atom is -0.380 e. The summed E-state index contributed by atoms with van der Waals surface area (Å²) in [4.78, 5) is 11.7. The molecule has 0 aromatic carbocycles. The highest BCUT2D eigenvalue weighted by Crippen LogP contribution is 2.39. The van der Waals surface area contributed by atoms with Gasteiger partial charge in [-0.3, -0.25) is 0 Å². The van der Waals surface area contributed by atoms with Crippen molar-refractivity contribution in [1.29, 1.82) is 0 Å². The summed E-state index contributed by atoms with van der Waals surface area (Å²) in [6.45, 7) is 9.56. The molecule has 1 aliphatic rings. The zero-order chi connectivity index (χ0) is 14.5. The first-order valence-electron chi connectivity index (χ1n) is 7.60. The van der Waals surface area contributed by atoms with Gasteiger partial charge in [0.05, 0.1) is 6.61 Å². The molecule has 0 aliphatic heterocycles. The predicted octanol–water partition coefficient (Wildman–Crippen LogP) is 2.57. The minimum atomic E-state index is 0.562. The molecule has 1 fully saturated rings. The van der Waals surface area contributed by atoms with E-state index in [-0.39, 0.29) is 0 Å². The molecule has 112 valence electrons. The van der Waals surface area contributed by atoms with Crippen LogP contribution in [0.4, 0.5) is 11.6 Å². The first kappa shape index (κ1) is 15.0. The maximum atomic E-state index is 5.47. The molecule has 1 saturated carbocycles. The third-order valence-corrected chi connectivity index (χ3v) is 3.71. The van der Waals surface area contributed by atoms with Crippen molar-refractivity contribution in [3.05, 3.63) is 11.4 Å². The van der Waals surface area contributed by atoms with Gasteiger partial charge in [0, 0.05) is 38.2 Å². The Bertz CT molecular complexity index is 446. The lowest BCUT2D eigenvalue weighted by molar-refractivity contribution is 0.154. The third-order valence-electron chi connectivity index (χ3n) is 3.71. The highest BCUT2D eigenvalue weighted by Gasteiger charge is 2.28. The molecule has 0 saturated heterocycles. The summed E-state index contributed by atoms with van der Waals surface area (Å²) in [7, 11) is 1.92. The average Bonchev–Trinajstić information content (AvgIpc) is 3.29. The van der Waals surface area contributed by atoms with Crippen molar-refractivity contribution in [2.75, 3.05) is 43.6 Å². The fourth-order valence-electron chi connectivity index (χ4n) is 2.33. The van der Waals surface area contributed by atoms with Crippen LogP contribution in [0, 0.1) is 6.92 Å². The number of nitrogens with zero attached hydrogens (tertiary/aromatic N) is 3. The van der Waals surface area contributed by atoms with E-state index in [4.69, 9.17) is 9.72 Å². The number of ether oxygens (including phenoxy) is 1. The maximum Gasteiger partial charge on any atom is 0.137 e. The number of aromatic nitrogens is 2. The Hall–Kier alpha value is -1.36. The van der Waals surface area contributed by atoms with E-state index in [1.807, 2.05) is 14.0 Å². The zero-order valence-corrected chi connectivity index (χ0v) is 13.1. The van der Waals surface area contributed by atoms with Crippen LogP contribution < -0.4 is 10.2 Å². The van der Waals surface area contributed by atoms with Gasteiger partial charge in [-0.25, -0.2) is 9.97 Å². The highest BCUT2D eigenvalue weighted by molar-refractivity contribution is 5.58. The Morgan fingerprint density at radius 3 is 2.60 bits per heavy atom. The summed E-state index contributed by atoms with van der Waals surface area (Å²) < 4.78 is 5.47. The van der Waals surface area contributed by atoms with Crippen LogP contribution in [0.2, 0.25) is 0 Å². The topological polar surface area (TPSA) is 50.3 Å². The molecule has 1 heterocycles. The van der Waals surface area contributed by atoms with Gasteiger partial charge in [-0.2, -0.15) is 0 Å². The summed E-state index contributed by atoms with van der Waals surface area (Å²) in [5, 5.41) is 3.20. The van der Waals surface area contributed by atoms with Crippen LogP contribution in [0.1, 0.15) is 44.0 Å². The number of rotatable bonds is 8. The van der Waals surface area contributed by atoms with E-state index >= 15 is 0 Å². The molecule has 0 radical (unpaired) electrons. The second kappa shape index (κ2) is 6.88. The Morgan fingerprint density at radius 1 is 1.30 bits per heavy atom. The molecule has 0 spiro atoms. The molecular weight excluding hydrogens is 252 g/mol. The summed E-state index contributed by atoms with van der Waals surface area (Å²) in [5.74, 6) is 3.55. The summed E-state index contributed by atoms with van der Waals surface area (Å²) in [6.07, 6.45) is 2.44. The number of anilines is 2. The van der Waals surface area contributed by atoms with E-state index in [2.05, 4.69) is 29.0 Å². The van der Waals surface area contributed by atoms with Crippen molar-refractivity contribution in [2.24, 2.45) is 0 Å². The first-order chi connectivity index (χ1) is 9.71. The Labute approximate surface area is 121 Å². The Kier molecular flexibility index (Phi) is 5.17. The first-order valence-corrected chi connectivity index (χ1v) is 7.60. The molecule has 1 aromatic rings. The smallest absolute Gasteiger partial charge is 0.137 e. The number of hydrogen-bond donors (Lipinski definition) is 1. The molecule has 0 bridgehead atoms. The predicted molar refractivity (Wildman–Crippen MR) is 82.7 cm³/mol. The lowest BCUT2D eigenvalue weighted by Crippen LogP contribution is -2.29. The summed E-state index contributed by atoms with van der Waals surface area (Å²) in [6, 6.07) is 0. The van der Waals surface area contributed by atoms with Gasteiger partial charge in [0.1, 0.15) is 17.5 Å². The van der Waals surface area contributed by atoms with E-state index < -0.39 is 0 Å². The summed E-state index contributed by atoms with van der Waals surface area (Å²) >= 11 is 0. The van der Waals surface area contributed by atoms with Crippen LogP contribution >= 0.6 is 0 Å². The second-order valence-electron chi connectivity index (χ2n) is 5.18. The van der Waals surface area contributed by atoms with Crippen molar-refractivity contribution < 1.29 is 4.74 Å². The van der Waals surface area contributed by atoms with Crippen molar-refractivity contribution in [3.8, 4) is 0 Å². The largest absolute Gasteiger partial charge is 0.380 e. The van der Waals surface area contributed by atoms with Crippen molar-refractivity contribution in [2.45, 2.75) is 39.5 Å². The van der Waals surface area contributed by atoms with Crippen molar-refractivity contribution >= 4 is 11.6 Å². The SMILES string of the molecule is CCOCCN(CC)c1nc(C2CC2)nc(NC)c1C. The molecule has 20 heavy (non-hydrogen) atoms. The zero-order valence-electron chi connectivity index (χ0n) is 13.1. The van der Waals surface area contributed by atoms with Gasteiger partial charge in [0.2, 0.25) is 0 Å². The normalized spacial score (nSPS) is 14.4. The van der Waals surface area contributed by atoms with Crippen LogP contribution in [0.5, 0.6) is 0 Å². The van der Waals surface area contributed by atoms with Crippen LogP contribution in [-0.2, 0) is 4.74 Å². The quantitative estimate of drug-likeness (QED) is 0.741. The van der Waals surface area contributed by atoms with Crippen molar-refractivity contribution in [1.82, 2.24) is 9.97 Å². The standard InChI is InChI=1S/C15H26N4O/c1-5-19(9-10-20-6-2)15-11(3)13(16-4)17-14(18-15)12-7-8-12/h12H,5-10H2,1-4H3,(H,16,17,18). The van der Waals surface area contributed by atoms with Gasteiger partial charge >= 0.3 is 0 Å². The molecule has 1 N–H and O–H groups in total. The van der Waals surface area contributed by atoms with Gasteiger partial charge in [-0.1, -0.05) is 0 Å². The minimum absolute atomic E-state index is 0.562. The molecule has 2 rings (SSSR count). The number of likely N-dealkylation sites (N-methyl/N-ethyl adjacent to an activating group) is 1. The van der Waals surface area contributed by atoms with Crippen LogP contribution in [-0.4, -0.2) is 43.3 Å². The van der Waals surface area contributed by atoms with Crippen LogP contribution in [0.3, 0.4) is 0 Å². The Morgan fingerprint density at radius 2 is 2.05 bits per heavy atom. The van der Waals surface area contributed by atoms with Crippen LogP contribution in [0.15, 0.2) is 0 Å².